The summed E-state index contributed by atoms with van der Waals surface area (Å²) in [6.07, 6.45) is 0. The predicted octanol–water partition coefficient (Wildman–Crippen LogP) is 4.12. The lowest BCUT2D eigenvalue weighted by Gasteiger charge is -2.29. The topological polar surface area (TPSA) is 36.5 Å². The zero-order valence-corrected chi connectivity index (χ0v) is 14.5. The molecule has 0 radical (unpaired) electrons. The van der Waals surface area contributed by atoms with Gasteiger partial charge in [0.25, 0.3) is 0 Å². The molecule has 0 saturated carbocycles. The Balaban J connectivity index is 1.58. The van der Waals surface area contributed by atoms with Crippen molar-refractivity contribution in [2.45, 2.75) is 0 Å². The molecule has 0 unspecified atom stereocenters. The smallest absolute Gasteiger partial charge is 0.175 e. The number of nitrogens with one attached hydrogen (secondary N) is 2. The second-order valence-electron chi connectivity index (χ2n) is 5.35. The van der Waals surface area contributed by atoms with E-state index in [2.05, 4.69) is 15.5 Å². The van der Waals surface area contributed by atoms with Crippen LogP contribution in [0.15, 0.2) is 42.5 Å². The third kappa shape index (κ3) is 4.35. The van der Waals surface area contributed by atoms with E-state index >= 15 is 0 Å². The van der Waals surface area contributed by atoms with Gasteiger partial charge in [-0.05, 0) is 54.7 Å². The molecule has 0 bridgehead atoms. The number of anilines is 3. The van der Waals surface area contributed by atoms with E-state index in [1.165, 1.54) is 12.1 Å². The van der Waals surface area contributed by atoms with Crippen LogP contribution >= 0.6 is 23.8 Å². The highest BCUT2D eigenvalue weighted by molar-refractivity contribution is 7.80. The van der Waals surface area contributed by atoms with E-state index in [0.29, 0.717) is 10.8 Å². The molecule has 0 atom stereocenters. The number of morpholine rings is 1. The van der Waals surface area contributed by atoms with Gasteiger partial charge in [-0.3, -0.25) is 0 Å². The average molecular weight is 366 g/mol. The zero-order chi connectivity index (χ0) is 16.9. The Kier molecular flexibility index (Phi) is 5.50. The summed E-state index contributed by atoms with van der Waals surface area (Å²) >= 11 is 11.0. The first-order valence-electron chi connectivity index (χ1n) is 7.57. The number of halogens is 2. The summed E-state index contributed by atoms with van der Waals surface area (Å²) in [4.78, 5) is 2.28. The first kappa shape index (κ1) is 17.0. The molecule has 4 nitrogen and oxygen atoms in total. The Hall–Kier alpha value is -1.89. The number of hydrogen-bond donors (Lipinski definition) is 2. The third-order valence-corrected chi connectivity index (χ3v) is 4.17. The average Bonchev–Trinajstić information content (AvgIpc) is 2.59. The van der Waals surface area contributed by atoms with E-state index in [4.69, 9.17) is 28.6 Å². The fraction of sp³-hybridized carbons (Fsp3) is 0.235. The second kappa shape index (κ2) is 7.79. The van der Waals surface area contributed by atoms with Crippen LogP contribution in [0.5, 0.6) is 0 Å². The molecule has 126 valence electrons. The summed E-state index contributed by atoms with van der Waals surface area (Å²) in [5.41, 5.74) is 2.66. The molecule has 24 heavy (non-hydrogen) atoms. The molecule has 1 heterocycles. The Morgan fingerprint density at radius 1 is 1.04 bits per heavy atom. The molecule has 1 saturated heterocycles. The summed E-state index contributed by atoms with van der Waals surface area (Å²) in [6, 6.07) is 12.4. The van der Waals surface area contributed by atoms with Crippen LogP contribution in [0.25, 0.3) is 0 Å². The second-order valence-corrected chi connectivity index (χ2v) is 6.17. The van der Waals surface area contributed by atoms with Crippen LogP contribution in [-0.2, 0) is 4.74 Å². The number of rotatable bonds is 3. The van der Waals surface area contributed by atoms with Gasteiger partial charge in [-0.25, -0.2) is 4.39 Å². The van der Waals surface area contributed by atoms with E-state index in [1.807, 2.05) is 24.3 Å². The SMILES string of the molecule is Fc1ccc(NC(=S)Nc2ccc(N3CCOCC3)cc2)cc1Cl. The van der Waals surface area contributed by atoms with Gasteiger partial charge in [0.2, 0.25) is 0 Å². The molecular formula is C17H17ClFN3OS. The zero-order valence-electron chi connectivity index (χ0n) is 12.9. The third-order valence-electron chi connectivity index (χ3n) is 3.68. The predicted molar refractivity (Wildman–Crippen MR) is 101 cm³/mol. The van der Waals surface area contributed by atoms with Crippen LogP contribution in [-0.4, -0.2) is 31.4 Å². The first-order chi connectivity index (χ1) is 11.6. The maximum atomic E-state index is 13.2. The van der Waals surface area contributed by atoms with Gasteiger partial charge in [-0.15, -0.1) is 0 Å². The van der Waals surface area contributed by atoms with E-state index in [-0.39, 0.29) is 5.02 Å². The molecule has 0 amide bonds. The van der Waals surface area contributed by atoms with Gasteiger partial charge >= 0.3 is 0 Å². The molecule has 1 aliphatic heterocycles. The highest BCUT2D eigenvalue weighted by atomic mass is 35.5. The van der Waals surface area contributed by atoms with Crippen molar-refractivity contribution in [3.63, 3.8) is 0 Å². The minimum atomic E-state index is -0.459. The van der Waals surface area contributed by atoms with Crippen LogP contribution in [0.1, 0.15) is 0 Å². The molecule has 2 N–H and O–H groups in total. The van der Waals surface area contributed by atoms with Crippen LogP contribution in [0.3, 0.4) is 0 Å². The molecule has 0 spiro atoms. The Labute approximate surface area is 150 Å². The van der Waals surface area contributed by atoms with Crippen LogP contribution < -0.4 is 15.5 Å². The highest BCUT2D eigenvalue weighted by Gasteiger charge is 2.11. The fourth-order valence-electron chi connectivity index (χ4n) is 2.44. The van der Waals surface area contributed by atoms with Crippen molar-refractivity contribution < 1.29 is 9.13 Å². The van der Waals surface area contributed by atoms with Gasteiger partial charge in [0, 0.05) is 30.2 Å². The molecule has 1 fully saturated rings. The summed E-state index contributed by atoms with van der Waals surface area (Å²) in [5, 5.41) is 6.54. The summed E-state index contributed by atoms with van der Waals surface area (Å²) in [7, 11) is 0. The highest BCUT2D eigenvalue weighted by Crippen LogP contribution is 2.21. The fourth-order valence-corrected chi connectivity index (χ4v) is 2.86. The van der Waals surface area contributed by atoms with Crippen molar-refractivity contribution in [2.75, 3.05) is 41.8 Å². The summed E-state index contributed by atoms with van der Waals surface area (Å²) in [6.45, 7) is 3.32. The maximum Gasteiger partial charge on any atom is 0.175 e. The molecular weight excluding hydrogens is 349 g/mol. The van der Waals surface area contributed by atoms with Crippen molar-refractivity contribution >= 4 is 46.0 Å². The molecule has 0 aromatic heterocycles. The van der Waals surface area contributed by atoms with Crippen molar-refractivity contribution in [3.8, 4) is 0 Å². The van der Waals surface area contributed by atoms with Gasteiger partial charge in [0.1, 0.15) is 5.82 Å². The van der Waals surface area contributed by atoms with Crippen LogP contribution in [0, 0.1) is 5.82 Å². The van der Waals surface area contributed by atoms with Crippen LogP contribution in [0.2, 0.25) is 5.02 Å². The number of thiocarbonyl (C=S) groups is 1. The first-order valence-corrected chi connectivity index (χ1v) is 8.36. The number of ether oxygens (including phenoxy) is 1. The van der Waals surface area contributed by atoms with Crippen molar-refractivity contribution in [1.82, 2.24) is 0 Å². The van der Waals surface area contributed by atoms with Gasteiger partial charge in [0.05, 0.1) is 18.2 Å². The number of nitrogens with zero attached hydrogens (tertiary/aromatic N) is 1. The number of hydrogen-bond acceptors (Lipinski definition) is 3. The minimum absolute atomic E-state index is 0.0534. The lowest BCUT2D eigenvalue weighted by molar-refractivity contribution is 0.122. The maximum absolute atomic E-state index is 13.2. The van der Waals surface area contributed by atoms with Gasteiger partial charge in [-0.2, -0.15) is 0 Å². The van der Waals surface area contributed by atoms with Crippen molar-refractivity contribution in [2.24, 2.45) is 0 Å². The van der Waals surface area contributed by atoms with Gasteiger partial charge in [-0.1, -0.05) is 11.6 Å². The molecule has 2 aromatic rings. The summed E-state index contributed by atoms with van der Waals surface area (Å²) < 4.78 is 18.5. The Morgan fingerprint density at radius 3 is 2.33 bits per heavy atom. The van der Waals surface area contributed by atoms with Crippen molar-refractivity contribution in [3.05, 3.63) is 53.3 Å². The standard InChI is InChI=1S/C17H17ClFN3OS/c18-15-11-13(3-6-16(15)19)21-17(24)20-12-1-4-14(5-2-12)22-7-9-23-10-8-22/h1-6,11H,7-10H2,(H2,20,21,24). The summed E-state index contributed by atoms with van der Waals surface area (Å²) in [5.74, 6) is -0.459. The van der Waals surface area contributed by atoms with E-state index in [0.717, 1.165) is 37.7 Å². The minimum Gasteiger partial charge on any atom is -0.378 e. The van der Waals surface area contributed by atoms with E-state index in [9.17, 15) is 4.39 Å². The Bertz CT molecular complexity index is 720. The molecule has 0 aliphatic carbocycles. The molecule has 1 aliphatic rings. The molecule has 3 rings (SSSR count). The largest absolute Gasteiger partial charge is 0.378 e. The van der Waals surface area contributed by atoms with Crippen molar-refractivity contribution in [1.29, 1.82) is 0 Å². The van der Waals surface area contributed by atoms with Crippen LogP contribution in [0.4, 0.5) is 21.5 Å². The van der Waals surface area contributed by atoms with E-state index < -0.39 is 5.82 Å². The molecule has 7 heteroatoms. The van der Waals surface area contributed by atoms with Gasteiger partial charge < -0.3 is 20.3 Å². The lowest BCUT2D eigenvalue weighted by atomic mass is 10.2. The van der Waals surface area contributed by atoms with Gasteiger partial charge in [0.15, 0.2) is 5.11 Å². The Morgan fingerprint density at radius 2 is 1.67 bits per heavy atom. The van der Waals surface area contributed by atoms with E-state index in [1.54, 1.807) is 6.07 Å². The number of benzene rings is 2. The molecule has 2 aromatic carbocycles. The monoisotopic (exact) mass is 365 g/mol. The normalized spacial score (nSPS) is 14.3. The lowest BCUT2D eigenvalue weighted by Crippen LogP contribution is -2.36. The quantitative estimate of drug-likeness (QED) is 0.800.